The smallest absolute Gasteiger partial charge is 0.335 e. The van der Waals surface area contributed by atoms with Crippen molar-refractivity contribution in [2.45, 2.75) is 18.2 Å². The van der Waals surface area contributed by atoms with Gasteiger partial charge in [0.15, 0.2) is 11.0 Å². The lowest BCUT2D eigenvalue weighted by molar-refractivity contribution is -0.113. The first kappa shape index (κ1) is 22.8. The molecular formula is C22H21N5O4S. The Hall–Kier alpha value is -3.92. The zero-order valence-corrected chi connectivity index (χ0v) is 17.8. The van der Waals surface area contributed by atoms with Gasteiger partial charge in [0, 0.05) is 17.8 Å². The number of anilines is 1. The number of carboxylic acids is 1. The van der Waals surface area contributed by atoms with Crippen molar-refractivity contribution in [2.75, 3.05) is 11.1 Å². The fourth-order valence-electron chi connectivity index (χ4n) is 2.74. The lowest BCUT2D eigenvalue weighted by Crippen LogP contribution is -2.24. The number of aromatic carboxylic acids is 1. The van der Waals surface area contributed by atoms with Gasteiger partial charge in [-0.05, 0) is 36.4 Å². The molecule has 0 radical (unpaired) electrons. The van der Waals surface area contributed by atoms with Crippen LogP contribution < -0.4 is 10.6 Å². The molecule has 0 bridgehead atoms. The molecule has 3 N–H and O–H groups in total. The molecule has 3 rings (SSSR count). The number of thioether (sulfide) groups is 1. The summed E-state index contributed by atoms with van der Waals surface area (Å²) in [7, 11) is 0. The molecule has 3 aromatic rings. The molecule has 0 fully saturated rings. The van der Waals surface area contributed by atoms with Crippen LogP contribution in [0.25, 0.3) is 0 Å². The highest BCUT2D eigenvalue weighted by Gasteiger charge is 2.15. The maximum atomic E-state index is 12.3. The summed E-state index contributed by atoms with van der Waals surface area (Å²) < 4.78 is 1.78. The summed E-state index contributed by atoms with van der Waals surface area (Å²) in [5, 5.41) is 23.2. The zero-order valence-electron chi connectivity index (χ0n) is 17.0. The second-order valence-corrected chi connectivity index (χ2v) is 7.51. The van der Waals surface area contributed by atoms with Gasteiger partial charge >= 0.3 is 5.97 Å². The number of carbonyl (C=O) groups is 3. The molecule has 0 aliphatic heterocycles. The highest BCUT2D eigenvalue weighted by Crippen LogP contribution is 2.18. The summed E-state index contributed by atoms with van der Waals surface area (Å²) in [6.07, 6.45) is 1.68. The Bertz CT molecular complexity index is 1110. The fourth-order valence-corrected chi connectivity index (χ4v) is 3.51. The van der Waals surface area contributed by atoms with E-state index >= 15 is 0 Å². The van der Waals surface area contributed by atoms with Crippen LogP contribution >= 0.6 is 11.8 Å². The zero-order chi connectivity index (χ0) is 22.9. The van der Waals surface area contributed by atoms with Gasteiger partial charge in [-0.15, -0.1) is 16.8 Å². The SMILES string of the molecule is C=CCn1c(CNC(=O)c2ccccc2)nnc1SCC(=O)Nc1ccc(C(=O)O)cc1. The van der Waals surface area contributed by atoms with Crippen LogP contribution in [0.1, 0.15) is 26.5 Å². The van der Waals surface area contributed by atoms with Crippen molar-refractivity contribution in [3.63, 3.8) is 0 Å². The molecule has 0 saturated heterocycles. The van der Waals surface area contributed by atoms with Crippen molar-refractivity contribution in [1.29, 1.82) is 0 Å². The topological polar surface area (TPSA) is 126 Å². The normalized spacial score (nSPS) is 10.4. The van der Waals surface area contributed by atoms with Crippen molar-refractivity contribution in [2.24, 2.45) is 0 Å². The number of nitrogens with one attached hydrogen (secondary N) is 2. The monoisotopic (exact) mass is 451 g/mol. The molecule has 0 aliphatic carbocycles. The third-order valence-electron chi connectivity index (χ3n) is 4.30. The maximum Gasteiger partial charge on any atom is 0.335 e. The highest BCUT2D eigenvalue weighted by molar-refractivity contribution is 7.99. The molecule has 2 amide bonds. The second-order valence-electron chi connectivity index (χ2n) is 6.57. The molecule has 0 aliphatic rings. The number of nitrogens with zero attached hydrogens (tertiary/aromatic N) is 3. The number of carboxylic acid groups (broad SMARTS) is 1. The van der Waals surface area contributed by atoms with Gasteiger partial charge in [-0.3, -0.25) is 9.59 Å². The largest absolute Gasteiger partial charge is 0.478 e. The van der Waals surface area contributed by atoms with E-state index in [2.05, 4.69) is 27.4 Å². The van der Waals surface area contributed by atoms with Gasteiger partial charge in [-0.25, -0.2) is 4.79 Å². The average Bonchev–Trinajstić information content (AvgIpc) is 3.18. The van der Waals surface area contributed by atoms with E-state index < -0.39 is 5.97 Å². The molecule has 0 atom stereocenters. The summed E-state index contributed by atoms with van der Waals surface area (Å²) in [4.78, 5) is 35.4. The van der Waals surface area contributed by atoms with Gasteiger partial charge < -0.3 is 20.3 Å². The lowest BCUT2D eigenvalue weighted by atomic mass is 10.2. The summed E-state index contributed by atoms with van der Waals surface area (Å²) in [6.45, 7) is 4.34. The lowest BCUT2D eigenvalue weighted by Gasteiger charge is -2.09. The van der Waals surface area contributed by atoms with E-state index in [1.807, 2.05) is 6.07 Å². The molecule has 1 heterocycles. The molecule has 0 spiro atoms. The van der Waals surface area contributed by atoms with E-state index in [1.54, 1.807) is 34.9 Å². The minimum absolute atomic E-state index is 0.0757. The summed E-state index contributed by atoms with van der Waals surface area (Å²) in [5.74, 6) is -0.907. The van der Waals surface area contributed by atoms with E-state index in [4.69, 9.17) is 5.11 Å². The number of benzene rings is 2. The van der Waals surface area contributed by atoms with Crippen molar-refractivity contribution in [1.82, 2.24) is 20.1 Å². The van der Waals surface area contributed by atoms with Crippen LogP contribution in [0, 0.1) is 0 Å². The molecule has 9 nitrogen and oxygen atoms in total. The van der Waals surface area contributed by atoms with E-state index in [-0.39, 0.29) is 29.7 Å². The molecule has 32 heavy (non-hydrogen) atoms. The van der Waals surface area contributed by atoms with Crippen molar-refractivity contribution in [3.8, 4) is 0 Å². The minimum atomic E-state index is -1.03. The van der Waals surface area contributed by atoms with Crippen molar-refractivity contribution >= 4 is 35.2 Å². The van der Waals surface area contributed by atoms with Gasteiger partial charge in [-0.1, -0.05) is 36.0 Å². The molecular weight excluding hydrogens is 430 g/mol. The van der Waals surface area contributed by atoms with Crippen molar-refractivity contribution in [3.05, 3.63) is 84.2 Å². The average molecular weight is 452 g/mol. The molecule has 0 unspecified atom stereocenters. The number of amides is 2. The second kappa shape index (κ2) is 10.9. The number of rotatable bonds is 10. The quantitative estimate of drug-likeness (QED) is 0.320. The molecule has 2 aromatic carbocycles. The Morgan fingerprint density at radius 1 is 1.03 bits per heavy atom. The van der Waals surface area contributed by atoms with Gasteiger partial charge in [0.1, 0.15) is 0 Å². The first-order chi connectivity index (χ1) is 15.5. The maximum absolute atomic E-state index is 12.3. The Balaban J connectivity index is 1.58. The Labute approximate surface area is 188 Å². The molecule has 1 aromatic heterocycles. The number of carbonyl (C=O) groups excluding carboxylic acids is 2. The third-order valence-corrected chi connectivity index (χ3v) is 5.26. The number of hydrogen-bond donors (Lipinski definition) is 3. The predicted octanol–water partition coefficient (Wildman–Crippen LogP) is 2.82. The van der Waals surface area contributed by atoms with E-state index in [9.17, 15) is 14.4 Å². The summed E-state index contributed by atoms with van der Waals surface area (Å²) >= 11 is 1.20. The summed E-state index contributed by atoms with van der Waals surface area (Å²) in [5.41, 5.74) is 1.18. The number of aromatic nitrogens is 3. The van der Waals surface area contributed by atoms with Gasteiger partial charge in [-0.2, -0.15) is 0 Å². The Kier molecular flexibility index (Phi) is 7.76. The number of allylic oxidation sites excluding steroid dienone is 1. The van der Waals surface area contributed by atoms with Crippen LogP contribution in [-0.4, -0.2) is 43.4 Å². The van der Waals surface area contributed by atoms with Crippen molar-refractivity contribution < 1.29 is 19.5 Å². The van der Waals surface area contributed by atoms with Crippen LogP contribution in [-0.2, 0) is 17.9 Å². The van der Waals surface area contributed by atoms with Crippen LogP contribution in [0.3, 0.4) is 0 Å². The van der Waals surface area contributed by atoms with Crippen LogP contribution in [0.5, 0.6) is 0 Å². The first-order valence-corrected chi connectivity index (χ1v) is 10.6. The first-order valence-electron chi connectivity index (χ1n) is 9.60. The van der Waals surface area contributed by atoms with Crippen LogP contribution in [0.2, 0.25) is 0 Å². The molecule has 0 saturated carbocycles. The van der Waals surface area contributed by atoms with Gasteiger partial charge in [0.25, 0.3) is 5.91 Å². The minimum Gasteiger partial charge on any atom is -0.478 e. The Morgan fingerprint density at radius 2 is 1.75 bits per heavy atom. The molecule has 10 heteroatoms. The van der Waals surface area contributed by atoms with Gasteiger partial charge in [0.2, 0.25) is 5.91 Å². The predicted molar refractivity (Wildman–Crippen MR) is 121 cm³/mol. The highest BCUT2D eigenvalue weighted by atomic mass is 32.2. The fraction of sp³-hybridized carbons (Fsp3) is 0.136. The van der Waals surface area contributed by atoms with Crippen LogP contribution in [0.4, 0.5) is 5.69 Å². The Morgan fingerprint density at radius 3 is 2.41 bits per heavy atom. The van der Waals surface area contributed by atoms with E-state index in [0.29, 0.717) is 28.8 Å². The third kappa shape index (κ3) is 6.05. The van der Waals surface area contributed by atoms with Crippen LogP contribution in [0.15, 0.2) is 72.4 Å². The summed E-state index contributed by atoms with van der Waals surface area (Å²) in [6, 6.07) is 14.7. The van der Waals surface area contributed by atoms with Gasteiger partial charge in [0.05, 0.1) is 17.9 Å². The molecule has 164 valence electrons. The van der Waals surface area contributed by atoms with E-state index in [1.165, 1.54) is 36.0 Å². The standard InChI is InChI=1S/C22H21N5O4S/c1-2-12-27-18(13-23-20(29)15-6-4-3-5-7-15)25-26-22(27)32-14-19(28)24-17-10-8-16(9-11-17)21(30)31/h2-11H,1,12-14H2,(H,23,29)(H,24,28)(H,30,31). The van der Waals surface area contributed by atoms with E-state index in [0.717, 1.165) is 0 Å². The number of hydrogen-bond acceptors (Lipinski definition) is 6.